The van der Waals surface area contributed by atoms with Crippen LogP contribution in [0.25, 0.3) is 0 Å². The van der Waals surface area contributed by atoms with Crippen LogP contribution in [0.2, 0.25) is 5.02 Å². The Labute approximate surface area is 122 Å². The average molecular weight is 284 g/mol. The third-order valence-corrected chi connectivity index (χ3v) is 3.41. The first kappa shape index (κ1) is 16.3. The molecular formula is C16H26ClNO. The number of anilines is 1. The van der Waals surface area contributed by atoms with Crippen LogP contribution >= 0.6 is 11.6 Å². The van der Waals surface area contributed by atoms with Crippen LogP contribution < -0.4 is 5.32 Å². The number of ether oxygens (including phenoxy) is 1. The Hall–Kier alpha value is -0.730. The summed E-state index contributed by atoms with van der Waals surface area (Å²) in [5.74, 6) is 0. The highest BCUT2D eigenvalue weighted by Crippen LogP contribution is 2.19. The summed E-state index contributed by atoms with van der Waals surface area (Å²) in [4.78, 5) is 0. The first-order valence-electron chi connectivity index (χ1n) is 7.40. The molecule has 0 amide bonds. The van der Waals surface area contributed by atoms with Crippen molar-refractivity contribution in [1.29, 1.82) is 0 Å². The molecule has 1 N–H and O–H groups in total. The number of unbranched alkanes of at least 4 members (excludes halogenated alkanes) is 5. The second kappa shape index (κ2) is 11.1. The minimum atomic E-state index is 0.736. The Morgan fingerprint density at radius 3 is 2.53 bits per heavy atom. The lowest BCUT2D eigenvalue weighted by Gasteiger charge is -2.08. The summed E-state index contributed by atoms with van der Waals surface area (Å²) in [5.41, 5.74) is 0.979. The molecule has 19 heavy (non-hydrogen) atoms. The second-order valence-electron chi connectivity index (χ2n) is 4.79. The maximum Gasteiger partial charge on any atom is 0.0639 e. The third-order valence-electron chi connectivity index (χ3n) is 3.08. The fraction of sp³-hybridized carbons (Fsp3) is 0.625. The van der Waals surface area contributed by atoms with Crippen molar-refractivity contribution in [3.8, 4) is 0 Å². The predicted octanol–water partition coefficient (Wildman–Crippen LogP) is 5.13. The largest absolute Gasteiger partial charge is 0.382 e. The lowest BCUT2D eigenvalue weighted by Crippen LogP contribution is -2.10. The van der Waals surface area contributed by atoms with Crippen LogP contribution in [0.3, 0.4) is 0 Å². The van der Waals surface area contributed by atoms with Crippen molar-refractivity contribution in [2.45, 2.75) is 45.4 Å². The van der Waals surface area contributed by atoms with Gasteiger partial charge in [0.25, 0.3) is 0 Å². The van der Waals surface area contributed by atoms with Crippen LogP contribution in [0, 0.1) is 0 Å². The monoisotopic (exact) mass is 283 g/mol. The Bertz CT molecular complexity index is 330. The summed E-state index contributed by atoms with van der Waals surface area (Å²) >= 11 is 6.04. The van der Waals surface area contributed by atoms with Gasteiger partial charge in [-0.05, 0) is 18.6 Å². The highest BCUT2D eigenvalue weighted by molar-refractivity contribution is 6.33. The van der Waals surface area contributed by atoms with Gasteiger partial charge >= 0.3 is 0 Å². The van der Waals surface area contributed by atoms with E-state index in [9.17, 15) is 0 Å². The van der Waals surface area contributed by atoms with Crippen LogP contribution in [0.5, 0.6) is 0 Å². The number of benzene rings is 1. The third kappa shape index (κ3) is 8.12. The molecule has 0 aliphatic heterocycles. The Morgan fingerprint density at radius 2 is 1.74 bits per heavy atom. The van der Waals surface area contributed by atoms with Gasteiger partial charge in [-0.2, -0.15) is 0 Å². The van der Waals surface area contributed by atoms with E-state index in [1.165, 1.54) is 38.5 Å². The van der Waals surface area contributed by atoms with E-state index >= 15 is 0 Å². The van der Waals surface area contributed by atoms with E-state index in [1.54, 1.807) is 0 Å². The lowest BCUT2D eigenvalue weighted by molar-refractivity contribution is 0.139. The summed E-state index contributed by atoms with van der Waals surface area (Å²) in [6.07, 6.45) is 7.85. The Kier molecular flexibility index (Phi) is 9.56. The van der Waals surface area contributed by atoms with Crippen molar-refractivity contribution in [2.75, 3.05) is 25.1 Å². The zero-order valence-corrected chi connectivity index (χ0v) is 12.7. The normalized spacial score (nSPS) is 10.6. The first-order chi connectivity index (χ1) is 9.34. The predicted molar refractivity (Wildman–Crippen MR) is 84.1 cm³/mol. The molecule has 1 aromatic carbocycles. The molecule has 0 radical (unpaired) electrons. The second-order valence-corrected chi connectivity index (χ2v) is 5.19. The first-order valence-corrected chi connectivity index (χ1v) is 7.78. The fourth-order valence-electron chi connectivity index (χ4n) is 1.95. The van der Waals surface area contributed by atoms with E-state index in [0.29, 0.717) is 0 Å². The van der Waals surface area contributed by atoms with Gasteiger partial charge in [0.2, 0.25) is 0 Å². The molecule has 0 fully saturated rings. The minimum absolute atomic E-state index is 0.736. The number of hydrogen-bond donors (Lipinski definition) is 1. The Balaban J connectivity index is 1.90. The molecule has 1 rings (SSSR count). The number of para-hydroxylation sites is 1. The van der Waals surface area contributed by atoms with E-state index in [2.05, 4.69) is 12.2 Å². The van der Waals surface area contributed by atoms with Gasteiger partial charge in [-0.25, -0.2) is 0 Å². The van der Waals surface area contributed by atoms with Crippen LogP contribution in [-0.2, 0) is 4.74 Å². The Morgan fingerprint density at radius 1 is 1.00 bits per heavy atom. The van der Waals surface area contributed by atoms with E-state index in [0.717, 1.165) is 30.5 Å². The number of rotatable bonds is 11. The van der Waals surface area contributed by atoms with E-state index in [1.807, 2.05) is 24.3 Å². The molecule has 0 aromatic heterocycles. The van der Waals surface area contributed by atoms with Crippen LogP contribution in [0.1, 0.15) is 45.4 Å². The van der Waals surface area contributed by atoms with Crippen molar-refractivity contribution in [2.24, 2.45) is 0 Å². The van der Waals surface area contributed by atoms with Gasteiger partial charge in [-0.15, -0.1) is 0 Å². The number of nitrogens with one attached hydrogen (secondary N) is 1. The van der Waals surface area contributed by atoms with Gasteiger partial charge in [0.1, 0.15) is 0 Å². The standard InChI is InChI=1S/C16H26ClNO/c1-2-3-4-5-6-9-13-19-14-12-18-16-11-8-7-10-15(16)17/h7-8,10-11,18H,2-6,9,12-14H2,1H3. The molecule has 0 bridgehead atoms. The molecule has 0 saturated carbocycles. The van der Waals surface area contributed by atoms with Crippen LogP contribution in [0.15, 0.2) is 24.3 Å². The topological polar surface area (TPSA) is 21.3 Å². The van der Waals surface area contributed by atoms with Gasteiger partial charge in [-0.3, -0.25) is 0 Å². The average Bonchev–Trinajstić information content (AvgIpc) is 2.43. The molecule has 1 aromatic rings. The molecule has 0 atom stereocenters. The summed E-state index contributed by atoms with van der Waals surface area (Å²) < 4.78 is 5.60. The summed E-state index contributed by atoms with van der Waals surface area (Å²) in [6.45, 7) is 4.66. The molecule has 108 valence electrons. The maximum atomic E-state index is 6.04. The molecular weight excluding hydrogens is 258 g/mol. The quantitative estimate of drug-likeness (QED) is 0.569. The maximum absolute atomic E-state index is 6.04. The zero-order valence-electron chi connectivity index (χ0n) is 12.0. The molecule has 0 heterocycles. The highest BCUT2D eigenvalue weighted by atomic mass is 35.5. The zero-order chi connectivity index (χ0) is 13.8. The molecule has 0 saturated heterocycles. The van der Waals surface area contributed by atoms with Gasteiger partial charge in [0.05, 0.1) is 17.3 Å². The minimum Gasteiger partial charge on any atom is -0.382 e. The molecule has 0 spiro atoms. The smallest absolute Gasteiger partial charge is 0.0639 e. The van der Waals surface area contributed by atoms with Crippen molar-refractivity contribution in [3.63, 3.8) is 0 Å². The van der Waals surface area contributed by atoms with Gasteiger partial charge in [0.15, 0.2) is 0 Å². The summed E-state index contributed by atoms with van der Waals surface area (Å²) in [5, 5.41) is 4.04. The van der Waals surface area contributed by atoms with Crippen molar-refractivity contribution < 1.29 is 4.74 Å². The van der Waals surface area contributed by atoms with Crippen molar-refractivity contribution in [1.82, 2.24) is 0 Å². The molecule has 0 unspecified atom stereocenters. The van der Waals surface area contributed by atoms with Crippen molar-refractivity contribution >= 4 is 17.3 Å². The van der Waals surface area contributed by atoms with Crippen molar-refractivity contribution in [3.05, 3.63) is 29.3 Å². The van der Waals surface area contributed by atoms with E-state index in [-0.39, 0.29) is 0 Å². The van der Waals surface area contributed by atoms with Gasteiger partial charge < -0.3 is 10.1 Å². The van der Waals surface area contributed by atoms with Crippen LogP contribution in [-0.4, -0.2) is 19.8 Å². The fourth-order valence-corrected chi connectivity index (χ4v) is 2.15. The summed E-state index contributed by atoms with van der Waals surface area (Å²) in [6, 6.07) is 7.78. The molecule has 0 aliphatic rings. The molecule has 0 aliphatic carbocycles. The molecule has 3 heteroatoms. The SMILES string of the molecule is CCCCCCCCOCCNc1ccccc1Cl. The lowest BCUT2D eigenvalue weighted by atomic mass is 10.1. The highest BCUT2D eigenvalue weighted by Gasteiger charge is 1.97. The number of hydrogen-bond acceptors (Lipinski definition) is 2. The van der Waals surface area contributed by atoms with Gasteiger partial charge in [0, 0.05) is 13.2 Å². The van der Waals surface area contributed by atoms with E-state index < -0.39 is 0 Å². The molecule has 2 nitrogen and oxygen atoms in total. The van der Waals surface area contributed by atoms with Crippen LogP contribution in [0.4, 0.5) is 5.69 Å². The number of halogens is 1. The summed E-state index contributed by atoms with van der Waals surface area (Å²) in [7, 11) is 0. The van der Waals surface area contributed by atoms with Gasteiger partial charge in [-0.1, -0.05) is 62.8 Å². The van der Waals surface area contributed by atoms with E-state index in [4.69, 9.17) is 16.3 Å².